The van der Waals surface area contributed by atoms with Crippen LogP contribution in [0.25, 0.3) is 22.0 Å². The van der Waals surface area contributed by atoms with Crippen LogP contribution >= 0.6 is 11.6 Å². The van der Waals surface area contributed by atoms with Crippen LogP contribution in [0.1, 0.15) is 0 Å². The first-order valence-corrected chi connectivity index (χ1v) is 8.73. The van der Waals surface area contributed by atoms with Gasteiger partial charge in [-0.1, -0.05) is 29.8 Å². The summed E-state index contributed by atoms with van der Waals surface area (Å²) in [4.78, 5) is 8.76. The van der Waals surface area contributed by atoms with E-state index in [0.29, 0.717) is 16.6 Å². The van der Waals surface area contributed by atoms with E-state index in [1.165, 1.54) is 6.33 Å². The predicted octanol–water partition coefficient (Wildman–Crippen LogP) is 5.28. The second kappa shape index (κ2) is 7.13. The van der Waals surface area contributed by atoms with Crippen molar-refractivity contribution in [2.75, 3.05) is 18.2 Å². The van der Waals surface area contributed by atoms with Crippen molar-refractivity contribution in [1.29, 1.82) is 0 Å². The summed E-state index contributed by atoms with van der Waals surface area (Å²) in [5.41, 5.74) is 10.4. The number of hydrogen-bond acceptors (Lipinski definition) is 5. The molecule has 0 radical (unpaired) electrons. The molecule has 27 heavy (non-hydrogen) atoms. The molecule has 0 fully saturated rings. The van der Waals surface area contributed by atoms with Gasteiger partial charge in [-0.05, 0) is 53.6 Å². The predicted molar refractivity (Wildman–Crippen MR) is 111 cm³/mol. The molecule has 0 aliphatic heterocycles. The Balaban J connectivity index is 1.76. The van der Waals surface area contributed by atoms with Gasteiger partial charge in [-0.3, -0.25) is 0 Å². The van der Waals surface area contributed by atoms with Gasteiger partial charge in [0, 0.05) is 16.8 Å². The number of fused-ring (bicyclic) bond motifs is 1. The quantitative estimate of drug-likeness (QED) is 0.474. The van der Waals surface area contributed by atoms with Crippen molar-refractivity contribution in [3.63, 3.8) is 0 Å². The van der Waals surface area contributed by atoms with Gasteiger partial charge < -0.3 is 15.8 Å². The topological polar surface area (TPSA) is 73.1 Å². The van der Waals surface area contributed by atoms with E-state index in [1.807, 2.05) is 48.5 Å². The first kappa shape index (κ1) is 17.1. The van der Waals surface area contributed by atoms with E-state index in [4.69, 9.17) is 22.1 Å². The van der Waals surface area contributed by atoms with Crippen molar-refractivity contribution < 1.29 is 4.74 Å². The van der Waals surface area contributed by atoms with Crippen LogP contribution in [0, 0.1) is 0 Å². The molecule has 0 aliphatic carbocycles. The molecule has 0 unspecified atom stereocenters. The number of methoxy groups -OCH3 is 1. The van der Waals surface area contributed by atoms with Gasteiger partial charge in [0.15, 0.2) is 0 Å². The molecule has 0 amide bonds. The van der Waals surface area contributed by atoms with Gasteiger partial charge in [-0.15, -0.1) is 0 Å². The number of benzene rings is 3. The number of hydrogen-bond donors (Lipinski definition) is 2. The number of nitrogens with zero attached hydrogens (tertiary/aromatic N) is 2. The summed E-state index contributed by atoms with van der Waals surface area (Å²) in [6.45, 7) is 0. The highest BCUT2D eigenvalue weighted by Gasteiger charge is 2.08. The van der Waals surface area contributed by atoms with Crippen molar-refractivity contribution in [1.82, 2.24) is 9.97 Å². The molecule has 4 aromatic rings. The highest BCUT2D eigenvalue weighted by atomic mass is 35.5. The van der Waals surface area contributed by atoms with E-state index in [-0.39, 0.29) is 0 Å². The SMILES string of the molecule is COc1ccc(Nc2ncnc3ccc(-c4cccc(N)c4)cc23)cc1Cl. The molecule has 0 saturated heterocycles. The van der Waals surface area contributed by atoms with Gasteiger partial charge in [-0.2, -0.15) is 0 Å². The van der Waals surface area contributed by atoms with E-state index < -0.39 is 0 Å². The van der Waals surface area contributed by atoms with Gasteiger partial charge in [0.1, 0.15) is 17.9 Å². The molecule has 6 heteroatoms. The number of nitrogens with two attached hydrogens (primary N) is 1. The normalized spacial score (nSPS) is 10.7. The fourth-order valence-corrected chi connectivity index (χ4v) is 3.19. The fraction of sp³-hybridized carbons (Fsp3) is 0.0476. The average Bonchev–Trinajstić information content (AvgIpc) is 2.68. The molecule has 0 bridgehead atoms. The van der Waals surface area contributed by atoms with Crippen LogP contribution in [0.3, 0.4) is 0 Å². The zero-order valence-electron chi connectivity index (χ0n) is 14.6. The summed E-state index contributed by atoms with van der Waals surface area (Å²) in [5, 5.41) is 4.75. The second-order valence-corrected chi connectivity index (χ2v) is 6.46. The van der Waals surface area contributed by atoms with Crippen molar-refractivity contribution in [3.05, 3.63) is 72.0 Å². The Hall–Kier alpha value is -3.31. The maximum absolute atomic E-state index is 6.22. The van der Waals surface area contributed by atoms with Crippen molar-refractivity contribution in [2.24, 2.45) is 0 Å². The molecular formula is C21H17ClN4O. The van der Waals surface area contributed by atoms with Gasteiger partial charge in [0.25, 0.3) is 0 Å². The first-order chi connectivity index (χ1) is 13.1. The number of nitrogen functional groups attached to an aromatic ring is 1. The number of ether oxygens (including phenoxy) is 1. The minimum absolute atomic E-state index is 0.529. The highest BCUT2D eigenvalue weighted by molar-refractivity contribution is 6.32. The van der Waals surface area contributed by atoms with Crippen molar-refractivity contribution in [3.8, 4) is 16.9 Å². The Morgan fingerprint density at radius 3 is 2.59 bits per heavy atom. The number of aromatic nitrogens is 2. The zero-order chi connectivity index (χ0) is 18.8. The third-order valence-electron chi connectivity index (χ3n) is 4.27. The summed E-state index contributed by atoms with van der Waals surface area (Å²) in [5.74, 6) is 1.32. The Morgan fingerprint density at radius 2 is 1.81 bits per heavy atom. The molecule has 3 aromatic carbocycles. The van der Waals surface area contributed by atoms with Crippen molar-refractivity contribution in [2.45, 2.75) is 0 Å². The Labute approximate surface area is 161 Å². The summed E-state index contributed by atoms with van der Waals surface area (Å²) < 4.78 is 5.20. The molecule has 0 saturated carbocycles. The Morgan fingerprint density at radius 1 is 0.963 bits per heavy atom. The molecule has 5 nitrogen and oxygen atoms in total. The van der Waals surface area contributed by atoms with E-state index in [0.717, 1.165) is 33.4 Å². The fourth-order valence-electron chi connectivity index (χ4n) is 2.93. The Kier molecular flexibility index (Phi) is 4.52. The van der Waals surface area contributed by atoms with Crippen LogP contribution in [0.5, 0.6) is 5.75 Å². The maximum atomic E-state index is 6.22. The standard InChI is InChI=1S/C21H17ClN4O/c1-27-20-8-6-16(11-18(20)22)26-21-17-10-14(5-7-19(17)24-12-25-21)13-3-2-4-15(23)9-13/h2-12H,23H2,1H3,(H,24,25,26). The molecular weight excluding hydrogens is 360 g/mol. The van der Waals surface area contributed by atoms with Crippen LogP contribution < -0.4 is 15.8 Å². The zero-order valence-corrected chi connectivity index (χ0v) is 15.4. The lowest BCUT2D eigenvalue weighted by Crippen LogP contribution is -1.97. The molecule has 0 atom stereocenters. The first-order valence-electron chi connectivity index (χ1n) is 8.35. The molecule has 0 aliphatic rings. The Bertz CT molecular complexity index is 1130. The summed E-state index contributed by atoms with van der Waals surface area (Å²) in [7, 11) is 1.59. The lowest BCUT2D eigenvalue weighted by atomic mass is 10.0. The van der Waals surface area contributed by atoms with E-state index in [1.54, 1.807) is 13.2 Å². The average molecular weight is 377 g/mol. The van der Waals surface area contributed by atoms with Gasteiger partial charge >= 0.3 is 0 Å². The monoisotopic (exact) mass is 376 g/mol. The van der Waals surface area contributed by atoms with E-state index in [2.05, 4.69) is 21.4 Å². The minimum Gasteiger partial charge on any atom is -0.495 e. The summed E-state index contributed by atoms with van der Waals surface area (Å²) >= 11 is 6.22. The molecule has 1 heterocycles. The van der Waals surface area contributed by atoms with Gasteiger partial charge in [-0.25, -0.2) is 9.97 Å². The minimum atomic E-state index is 0.529. The molecule has 134 valence electrons. The van der Waals surface area contributed by atoms with Crippen LogP contribution in [-0.4, -0.2) is 17.1 Å². The van der Waals surface area contributed by atoms with Gasteiger partial charge in [0.05, 0.1) is 17.6 Å². The largest absolute Gasteiger partial charge is 0.495 e. The van der Waals surface area contributed by atoms with E-state index >= 15 is 0 Å². The van der Waals surface area contributed by atoms with Crippen molar-refractivity contribution >= 4 is 39.7 Å². The number of anilines is 3. The van der Waals surface area contributed by atoms with Crippen LogP contribution in [0.2, 0.25) is 5.02 Å². The summed E-state index contributed by atoms with van der Waals surface area (Å²) in [6.07, 6.45) is 1.54. The van der Waals surface area contributed by atoms with Gasteiger partial charge in [0.2, 0.25) is 0 Å². The molecule has 1 aromatic heterocycles. The third kappa shape index (κ3) is 3.50. The third-order valence-corrected chi connectivity index (χ3v) is 4.57. The van der Waals surface area contributed by atoms with Crippen LogP contribution in [0.15, 0.2) is 67.0 Å². The highest BCUT2D eigenvalue weighted by Crippen LogP contribution is 2.32. The maximum Gasteiger partial charge on any atom is 0.141 e. The summed E-state index contributed by atoms with van der Waals surface area (Å²) in [6, 6.07) is 19.3. The number of halogens is 1. The number of nitrogens with one attached hydrogen (secondary N) is 1. The lowest BCUT2D eigenvalue weighted by Gasteiger charge is -2.11. The second-order valence-electron chi connectivity index (χ2n) is 6.05. The smallest absolute Gasteiger partial charge is 0.141 e. The molecule has 0 spiro atoms. The van der Waals surface area contributed by atoms with E-state index in [9.17, 15) is 0 Å². The number of rotatable bonds is 4. The van der Waals surface area contributed by atoms with Crippen LogP contribution in [-0.2, 0) is 0 Å². The lowest BCUT2D eigenvalue weighted by molar-refractivity contribution is 0.415. The van der Waals surface area contributed by atoms with Crippen LogP contribution in [0.4, 0.5) is 17.2 Å². The molecule has 3 N–H and O–H groups in total. The molecule has 4 rings (SSSR count).